The van der Waals surface area contributed by atoms with E-state index in [9.17, 15) is 4.79 Å². The van der Waals surface area contributed by atoms with Gasteiger partial charge in [-0.05, 0) is 40.0 Å². The molecule has 0 radical (unpaired) electrons. The smallest absolute Gasteiger partial charge is 0.315 e. The summed E-state index contributed by atoms with van der Waals surface area (Å²) in [5, 5.41) is 8.52. The second-order valence-electron chi connectivity index (χ2n) is 8.82. The highest BCUT2D eigenvalue weighted by Crippen LogP contribution is 2.25. The molecule has 28 heavy (non-hydrogen) atoms. The van der Waals surface area contributed by atoms with Gasteiger partial charge in [0.2, 0.25) is 12.1 Å². The fraction of sp³-hybridized carbons (Fsp3) is 0.762. The monoisotopic (exact) mass is 412 g/mol. The van der Waals surface area contributed by atoms with Gasteiger partial charge in [0, 0.05) is 18.9 Å². The number of carbonyl (C=O) groups excluding carboxylic acids is 1. The van der Waals surface area contributed by atoms with E-state index in [2.05, 4.69) is 37.3 Å². The Hall–Kier alpha value is -1.34. The molecule has 0 spiro atoms. The first-order valence-electron chi connectivity index (χ1n) is 10.2. The normalized spacial score (nSPS) is 21.7. The van der Waals surface area contributed by atoms with Gasteiger partial charge in [0.05, 0.1) is 25.6 Å². The van der Waals surface area contributed by atoms with Gasteiger partial charge < -0.3 is 9.47 Å². The van der Waals surface area contributed by atoms with E-state index in [4.69, 9.17) is 14.9 Å². The van der Waals surface area contributed by atoms with Crippen molar-refractivity contribution >= 4 is 30.4 Å². The Labute approximate surface area is 176 Å². The molecule has 1 heterocycles. The van der Waals surface area contributed by atoms with Gasteiger partial charge in [-0.2, -0.15) is 4.40 Å². The molecule has 0 aliphatic carbocycles. The van der Waals surface area contributed by atoms with Crippen molar-refractivity contribution in [3.05, 3.63) is 11.6 Å². The van der Waals surface area contributed by atoms with E-state index in [0.717, 1.165) is 31.4 Å². The molecule has 1 rings (SSSR count). The molecule has 2 atom stereocenters. The Kier molecular flexibility index (Phi) is 9.70. The number of likely N-dealkylation sites (N-methyl/N-ethyl adjacent to an activating group) is 1. The van der Waals surface area contributed by atoms with Crippen LogP contribution in [0.4, 0.5) is 0 Å². The summed E-state index contributed by atoms with van der Waals surface area (Å²) >= 11 is 4.00. The number of esters is 1. The number of ether oxygens (including phenoxy) is 2. The van der Waals surface area contributed by atoms with Gasteiger partial charge in [0.15, 0.2) is 0 Å². The van der Waals surface area contributed by atoms with Gasteiger partial charge in [-0.3, -0.25) is 14.7 Å². The lowest BCUT2D eigenvalue weighted by Gasteiger charge is -2.42. The van der Waals surface area contributed by atoms with Crippen LogP contribution < -0.4 is 0 Å². The Morgan fingerprint density at radius 2 is 2.04 bits per heavy atom. The second kappa shape index (κ2) is 11.0. The van der Waals surface area contributed by atoms with Crippen LogP contribution in [0.1, 0.15) is 66.7 Å². The van der Waals surface area contributed by atoms with E-state index in [0.29, 0.717) is 17.6 Å². The summed E-state index contributed by atoms with van der Waals surface area (Å²) in [7, 11) is 2.06. The molecule has 6 nitrogen and oxygen atoms in total. The van der Waals surface area contributed by atoms with Crippen molar-refractivity contribution in [3.8, 4) is 0 Å². The topological polar surface area (TPSA) is 71.7 Å². The molecule has 0 aromatic carbocycles. The summed E-state index contributed by atoms with van der Waals surface area (Å²) in [5.41, 5.74) is 0.587. The Morgan fingerprint density at radius 3 is 2.61 bits per heavy atom. The minimum atomic E-state index is -0.536. The number of nitrogens with one attached hydrogen (secondary N) is 1. The molecule has 0 aromatic rings. The van der Waals surface area contributed by atoms with E-state index in [1.165, 1.54) is 12.8 Å². The molecule has 1 N–H and O–H groups in total. The first-order valence-corrected chi connectivity index (χ1v) is 10.6. The largest absolute Gasteiger partial charge is 0.476 e. The standard InChI is InChI=1S/C21H37N3O3S/c1-7-8-9-10-14-26-19(23-28)18(22)17-12-11-13-24(6,15-17)16(2)27-20(25)21(3,4)5/h12,16H,7-11,13-15H2,1-6H3,(H-,22,28)/p+1. The highest BCUT2D eigenvalue weighted by Gasteiger charge is 2.38. The molecule has 0 bridgehead atoms. The van der Waals surface area contributed by atoms with E-state index < -0.39 is 5.41 Å². The number of carbonyl (C=O) groups is 1. The van der Waals surface area contributed by atoms with Crippen LogP contribution in [-0.4, -0.2) is 55.0 Å². The fourth-order valence-electron chi connectivity index (χ4n) is 3.00. The average molecular weight is 413 g/mol. The highest BCUT2D eigenvalue weighted by atomic mass is 32.1. The third-order valence-electron chi connectivity index (χ3n) is 5.19. The van der Waals surface area contributed by atoms with Crippen LogP contribution in [0, 0.1) is 10.8 Å². The minimum absolute atomic E-state index is 0.210. The lowest BCUT2D eigenvalue weighted by Crippen LogP contribution is -2.56. The van der Waals surface area contributed by atoms with Gasteiger partial charge in [-0.25, -0.2) is 0 Å². The van der Waals surface area contributed by atoms with Crippen LogP contribution in [0.2, 0.25) is 0 Å². The first kappa shape index (κ1) is 24.7. The first-order chi connectivity index (χ1) is 13.0. The van der Waals surface area contributed by atoms with Crippen LogP contribution in [0.5, 0.6) is 0 Å². The van der Waals surface area contributed by atoms with Crippen molar-refractivity contribution in [2.45, 2.75) is 73.0 Å². The van der Waals surface area contributed by atoms with E-state index in [-0.39, 0.29) is 23.8 Å². The maximum absolute atomic E-state index is 12.3. The third-order valence-corrected chi connectivity index (χ3v) is 5.37. The van der Waals surface area contributed by atoms with Crippen molar-refractivity contribution in [2.75, 3.05) is 26.7 Å². The molecule has 2 unspecified atom stereocenters. The van der Waals surface area contributed by atoms with E-state index in [1.54, 1.807) is 0 Å². The molecule has 0 amide bonds. The fourth-order valence-corrected chi connectivity index (χ4v) is 3.16. The summed E-state index contributed by atoms with van der Waals surface area (Å²) in [6.07, 6.45) is 6.97. The lowest BCUT2D eigenvalue weighted by atomic mass is 9.97. The maximum Gasteiger partial charge on any atom is 0.315 e. The summed E-state index contributed by atoms with van der Waals surface area (Å²) in [4.78, 5) is 12.3. The highest BCUT2D eigenvalue weighted by molar-refractivity contribution is 7.79. The molecule has 160 valence electrons. The second-order valence-corrected chi connectivity index (χ2v) is 9.02. The number of nitrogens with zero attached hydrogens (tertiary/aromatic N) is 2. The summed E-state index contributed by atoms with van der Waals surface area (Å²) in [5.74, 6) is 0.0532. The SMILES string of the molecule is CCCCCCO/C(=N/S)C(=N)C1=CCC[N+](C)(C(C)OC(=O)C(C)(C)C)C1. The molecule has 0 saturated carbocycles. The number of rotatable bonds is 9. The molecule has 1 aliphatic rings. The predicted molar refractivity (Wildman–Crippen MR) is 118 cm³/mol. The number of unbranched alkanes of at least 4 members (excludes halogenated alkanes) is 3. The number of quaternary nitrogens is 1. The zero-order valence-corrected chi connectivity index (χ0v) is 19.3. The van der Waals surface area contributed by atoms with Crippen molar-refractivity contribution < 1.29 is 18.8 Å². The van der Waals surface area contributed by atoms with Crippen molar-refractivity contribution in [3.63, 3.8) is 0 Å². The van der Waals surface area contributed by atoms with Crippen LogP contribution in [0.3, 0.4) is 0 Å². The van der Waals surface area contributed by atoms with Crippen LogP contribution in [-0.2, 0) is 14.3 Å². The summed E-state index contributed by atoms with van der Waals surface area (Å²) in [6.45, 7) is 11.6. The molecule has 0 fully saturated rings. The van der Waals surface area contributed by atoms with E-state index >= 15 is 0 Å². The number of hydrogen-bond acceptors (Lipinski definition) is 6. The molecule has 0 aromatic heterocycles. The van der Waals surface area contributed by atoms with Crippen LogP contribution in [0.15, 0.2) is 16.0 Å². The van der Waals surface area contributed by atoms with Gasteiger partial charge in [-0.15, -0.1) is 0 Å². The van der Waals surface area contributed by atoms with Gasteiger partial charge in [0.1, 0.15) is 12.3 Å². The Morgan fingerprint density at radius 1 is 1.36 bits per heavy atom. The van der Waals surface area contributed by atoms with Crippen LogP contribution in [0.25, 0.3) is 0 Å². The third kappa shape index (κ3) is 7.24. The van der Waals surface area contributed by atoms with Crippen molar-refractivity contribution in [1.29, 1.82) is 5.41 Å². The molecular formula is C21H38N3O3S+. The summed E-state index contributed by atoms with van der Waals surface area (Å²) in [6, 6.07) is 0. The maximum atomic E-state index is 12.3. The Bertz CT molecular complexity index is 611. The van der Waals surface area contributed by atoms with Crippen molar-refractivity contribution in [2.24, 2.45) is 9.81 Å². The molecule has 1 aliphatic heterocycles. The molecule has 0 saturated heterocycles. The van der Waals surface area contributed by atoms with Gasteiger partial charge in [-0.1, -0.05) is 32.3 Å². The summed E-state index contributed by atoms with van der Waals surface area (Å²) < 4.78 is 15.9. The van der Waals surface area contributed by atoms with Crippen LogP contribution >= 0.6 is 12.8 Å². The minimum Gasteiger partial charge on any atom is -0.476 e. The van der Waals surface area contributed by atoms with Gasteiger partial charge >= 0.3 is 5.97 Å². The van der Waals surface area contributed by atoms with Gasteiger partial charge in [0.25, 0.3) is 0 Å². The van der Waals surface area contributed by atoms with Crippen molar-refractivity contribution in [1.82, 2.24) is 0 Å². The Balaban J connectivity index is 2.73. The lowest BCUT2D eigenvalue weighted by molar-refractivity contribution is -0.947. The zero-order chi connectivity index (χ0) is 21.4. The molecular weight excluding hydrogens is 374 g/mol. The van der Waals surface area contributed by atoms with E-state index in [1.807, 2.05) is 27.7 Å². The quantitative estimate of drug-likeness (QED) is 0.146. The average Bonchev–Trinajstić information content (AvgIpc) is 2.63. The number of thiol groups is 1. The molecule has 7 heteroatoms. The number of hydrogen-bond donors (Lipinski definition) is 2. The predicted octanol–water partition coefficient (Wildman–Crippen LogP) is 4.56. The zero-order valence-electron chi connectivity index (χ0n) is 18.4.